The number of allylic oxidation sites excluding steroid dienone is 10. The molecule has 3 N–H and O–H groups in total. The molecule has 282 valence electrons. The van der Waals surface area contributed by atoms with Crippen molar-refractivity contribution in [2.45, 2.75) is 148 Å². The van der Waals surface area contributed by atoms with E-state index in [1.165, 1.54) is 38.5 Å². The highest BCUT2D eigenvalue weighted by molar-refractivity contribution is 7.47. The van der Waals surface area contributed by atoms with E-state index in [2.05, 4.69) is 68.5 Å². The van der Waals surface area contributed by atoms with Crippen LogP contribution in [0.2, 0.25) is 0 Å². The zero-order valence-electron chi connectivity index (χ0n) is 30.7. The van der Waals surface area contributed by atoms with Crippen LogP contribution < -0.4 is 5.73 Å². The van der Waals surface area contributed by atoms with E-state index >= 15 is 0 Å². The number of phosphoric acid groups is 1. The van der Waals surface area contributed by atoms with Gasteiger partial charge in [-0.3, -0.25) is 18.6 Å². The SMILES string of the molecule is CCCC/C=C/CCCCCCCC(=O)O[C@@H](COC(=O)CCC/C=C/C/C=C/C/C=C/C/C=C/CCCCC)COP(=O)(O)OCCN. The minimum Gasteiger partial charge on any atom is -0.462 e. The van der Waals surface area contributed by atoms with E-state index in [1.807, 2.05) is 6.08 Å². The zero-order valence-corrected chi connectivity index (χ0v) is 31.5. The highest BCUT2D eigenvalue weighted by Gasteiger charge is 2.25. The molecule has 0 aliphatic carbocycles. The summed E-state index contributed by atoms with van der Waals surface area (Å²) in [7, 11) is -4.38. The lowest BCUT2D eigenvalue weighted by Gasteiger charge is -2.19. The first kappa shape index (κ1) is 46.7. The third-order valence-corrected chi connectivity index (χ3v) is 8.36. The average molecular weight is 710 g/mol. The lowest BCUT2D eigenvalue weighted by atomic mass is 10.1. The molecular weight excluding hydrogens is 641 g/mol. The maximum atomic E-state index is 12.5. The summed E-state index contributed by atoms with van der Waals surface area (Å²) in [5.74, 6) is -0.914. The molecular formula is C39H68NO8P. The Bertz CT molecular complexity index is 992. The maximum absolute atomic E-state index is 12.5. The molecule has 0 radical (unpaired) electrons. The van der Waals surface area contributed by atoms with Gasteiger partial charge in [0.2, 0.25) is 0 Å². The number of rotatable bonds is 34. The number of hydrogen-bond acceptors (Lipinski definition) is 8. The minimum atomic E-state index is -4.38. The number of carbonyl (C=O) groups is 2. The summed E-state index contributed by atoms with van der Waals surface area (Å²) < 4.78 is 32.5. The lowest BCUT2D eigenvalue weighted by Crippen LogP contribution is -2.29. The fourth-order valence-corrected chi connectivity index (χ4v) is 5.31. The topological polar surface area (TPSA) is 134 Å². The number of ether oxygens (including phenoxy) is 2. The summed E-state index contributed by atoms with van der Waals surface area (Å²) in [5, 5.41) is 0. The van der Waals surface area contributed by atoms with Crippen LogP contribution >= 0.6 is 7.82 Å². The van der Waals surface area contributed by atoms with Gasteiger partial charge in [-0.2, -0.15) is 0 Å². The minimum absolute atomic E-state index is 0.0423. The van der Waals surface area contributed by atoms with Crippen molar-refractivity contribution >= 4 is 19.8 Å². The smallest absolute Gasteiger partial charge is 0.462 e. The molecule has 49 heavy (non-hydrogen) atoms. The van der Waals surface area contributed by atoms with Crippen molar-refractivity contribution < 1.29 is 37.6 Å². The first-order valence-corrected chi connectivity index (χ1v) is 20.3. The molecule has 0 aromatic heterocycles. The summed E-state index contributed by atoms with van der Waals surface area (Å²) in [5.41, 5.74) is 5.32. The zero-order chi connectivity index (χ0) is 36.1. The van der Waals surface area contributed by atoms with Gasteiger partial charge in [0.15, 0.2) is 6.10 Å². The highest BCUT2D eigenvalue weighted by atomic mass is 31.2. The summed E-state index contributed by atoms with van der Waals surface area (Å²) in [6, 6.07) is 0. The molecule has 0 heterocycles. The number of unbranched alkanes of at least 4 members (excludes halogenated alkanes) is 11. The molecule has 0 saturated carbocycles. The summed E-state index contributed by atoms with van der Waals surface area (Å²) in [6.45, 7) is 3.56. The summed E-state index contributed by atoms with van der Waals surface area (Å²) >= 11 is 0. The lowest BCUT2D eigenvalue weighted by molar-refractivity contribution is -0.161. The molecule has 2 atom stereocenters. The van der Waals surface area contributed by atoms with Crippen molar-refractivity contribution in [3.05, 3.63) is 60.8 Å². The van der Waals surface area contributed by atoms with E-state index in [0.29, 0.717) is 12.8 Å². The summed E-state index contributed by atoms with van der Waals surface area (Å²) in [6.07, 6.45) is 39.7. The molecule has 0 aliphatic rings. The van der Waals surface area contributed by atoms with E-state index in [-0.39, 0.29) is 32.6 Å². The number of hydrogen-bond donors (Lipinski definition) is 2. The Morgan fingerprint density at radius 3 is 1.71 bits per heavy atom. The van der Waals surface area contributed by atoms with Gasteiger partial charge in [0.05, 0.1) is 13.2 Å². The van der Waals surface area contributed by atoms with Crippen LogP contribution in [0, 0.1) is 0 Å². The van der Waals surface area contributed by atoms with E-state index in [4.69, 9.17) is 24.3 Å². The second-order valence-electron chi connectivity index (χ2n) is 12.1. The predicted octanol–water partition coefficient (Wildman–Crippen LogP) is 10.2. The number of carbonyl (C=O) groups excluding carboxylic acids is 2. The largest absolute Gasteiger partial charge is 0.472 e. The Kier molecular flexibility index (Phi) is 33.9. The Hall–Kier alpha value is -2.29. The second kappa shape index (κ2) is 35.5. The van der Waals surface area contributed by atoms with Gasteiger partial charge in [-0.25, -0.2) is 4.57 Å². The van der Waals surface area contributed by atoms with Gasteiger partial charge < -0.3 is 20.1 Å². The van der Waals surface area contributed by atoms with Crippen molar-refractivity contribution in [3.63, 3.8) is 0 Å². The molecule has 0 aliphatic heterocycles. The predicted molar refractivity (Wildman–Crippen MR) is 201 cm³/mol. The Balaban J connectivity index is 4.34. The molecule has 9 nitrogen and oxygen atoms in total. The molecule has 0 fully saturated rings. The van der Waals surface area contributed by atoms with E-state index < -0.39 is 32.5 Å². The van der Waals surface area contributed by atoms with Gasteiger partial charge in [-0.15, -0.1) is 0 Å². The number of nitrogens with two attached hydrogens (primary N) is 1. The van der Waals surface area contributed by atoms with Crippen LogP contribution in [0.4, 0.5) is 0 Å². The van der Waals surface area contributed by atoms with Gasteiger partial charge in [-0.05, 0) is 70.6 Å². The molecule has 0 aromatic carbocycles. The number of phosphoric ester groups is 1. The monoisotopic (exact) mass is 709 g/mol. The molecule has 1 unspecified atom stereocenters. The first-order valence-electron chi connectivity index (χ1n) is 18.8. The van der Waals surface area contributed by atoms with Gasteiger partial charge in [-0.1, -0.05) is 120 Å². The van der Waals surface area contributed by atoms with Crippen molar-refractivity contribution in [3.8, 4) is 0 Å². The third-order valence-electron chi connectivity index (χ3n) is 7.38. The van der Waals surface area contributed by atoms with Gasteiger partial charge in [0.25, 0.3) is 0 Å². The van der Waals surface area contributed by atoms with E-state index in [0.717, 1.165) is 64.2 Å². The van der Waals surface area contributed by atoms with Crippen molar-refractivity contribution in [2.24, 2.45) is 5.73 Å². The van der Waals surface area contributed by atoms with Gasteiger partial charge in [0.1, 0.15) is 6.61 Å². The average Bonchev–Trinajstić information content (AvgIpc) is 3.08. The van der Waals surface area contributed by atoms with Crippen LogP contribution in [0.15, 0.2) is 60.8 Å². The van der Waals surface area contributed by atoms with Crippen LogP contribution in [0.3, 0.4) is 0 Å². The standard InChI is InChI=1S/C39H68NO8P/c1-3-5-7-9-11-13-15-16-17-18-19-20-22-23-25-27-29-31-38(41)45-35-37(36-47-49(43,44)46-34-33-40)48-39(42)32-30-28-26-24-21-14-12-10-8-6-4-2/h10-13,16-17,19-20,23,25,37H,3-9,14-15,18,21-22,24,26-36,40H2,1-2H3,(H,43,44)/b12-10+,13-11+,17-16+,20-19+,25-23+/t37-/m0/s1. The molecule has 0 rings (SSSR count). The van der Waals surface area contributed by atoms with E-state index in [1.54, 1.807) is 0 Å². The third kappa shape index (κ3) is 35.3. The van der Waals surface area contributed by atoms with Gasteiger partial charge in [0, 0.05) is 19.4 Å². The normalized spacial score (nSPS) is 14.1. The molecule has 0 aromatic rings. The van der Waals surface area contributed by atoms with Crippen LogP contribution in [0.5, 0.6) is 0 Å². The van der Waals surface area contributed by atoms with Crippen LogP contribution in [0.1, 0.15) is 142 Å². The molecule has 10 heteroatoms. The van der Waals surface area contributed by atoms with Gasteiger partial charge >= 0.3 is 19.8 Å². The Labute approximate surface area is 298 Å². The maximum Gasteiger partial charge on any atom is 0.472 e. The molecule has 0 amide bonds. The quantitative estimate of drug-likeness (QED) is 0.0290. The fourth-order valence-electron chi connectivity index (χ4n) is 4.55. The van der Waals surface area contributed by atoms with E-state index in [9.17, 15) is 19.0 Å². The number of esters is 2. The van der Waals surface area contributed by atoms with Crippen molar-refractivity contribution in [1.82, 2.24) is 0 Å². The molecule has 0 bridgehead atoms. The highest BCUT2D eigenvalue weighted by Crippen LogP contribution is 2.43. The molecule has 0 spiro atoms. The van der Waals surface area contributed by atoms with Crippen molar-refractivity contribution in [2.75, 3.05) is 26.4 Å². The first-order chi connectivity index (χ1) is 23.8. The molecule has 0 saturated heterocycles. The van der Waals surface area contributed by atoms with Crippen LogP contribution in [-0.4, -0.2) is 49.3 Å². The summed E-state index contributed by atoms with van der Waals surface area (Å²) in [4.78, 5) is 34.6. The van der Waals surface area contributed by atoms with Crippen LogP contribution in [0.25, 0.3) is 0 Å². The fraction of sp³-hybridized carbons (Fsp3) is 0.692. The Morgan fingerprint density at radius 2 is 1.10 bits per heavy atom. The van der Waals surface area contributed by atoms with Crippen molar-refractivity contribution in [1.29, 1.82) is 0 Å². The second-order valence-corrected chi connectivity index (χ2v) is 13.5. The Morgan fingerprint density at radius 1 is 0.612 bits per heavy atom. The van der Waals surface area contributed by atoms with Crippen LogP contribution in [-0.2, 0) is 32.7 Å².